The van der Waals surface area contributed by atoms with Gasteiger partial charge in [-0.1, -0.05) is 0 Å². The topological polar surface area (TPSA) is 0 Å². The van der Waals surface area contributed by atoms with Crippen LogP contribution in [0.2, 0.25) is 6.86 Å². The van der Waals surface area contributed by atoms with Crippen molar-refractivity contribution < 1.29 is 0 Å². The fraction of sp³-hybridized carbons (Fsp3) is 0.929. The Labute approximate surface area is 212 Å². The van der Waals surface area contributed by atoms with Gasteiger partial charge in [0.25, 0.3) is 0 Å². The molecular formula is C28H54Sn2. The molecule has 0 unspecified atom stereocenters. The number of hydrogen-bond donors (Lipinski definition) is 0. The standard InChI is InChI=1S/2C13H27.C2.2Sn/c2*1-4-7-10-13(11-8-5-2)12-9-6-3;1-2;;/h2*4-12H2,1-3H3;;;. The van der Waals surface area contributed by atoms with Crippen LogP contribution in [0.4, 0.5) is 0 Å². The van der Waals surface area contributed by atoms with Crippen molar-refractivity contribution in [2.45, 2.75) is 164 Å². The van der Waals surface area contributed by atoms with Crippen LogP contribution in [0.15, 0.2) is 0 Å². The average Bonchev–Trinajstić information content (AvgIpc) is 2.77. The van der Waals surface area contributed by atoms with E-state index in [-0.39, 0.29) is 0 Å². The molecule has 174 valence electrons. The van der Waals surface area contributed by atoms with E-state index in [1.807, 2.05) is 0 Å². The summed E-state index contributed by atoms with van der Waals surface area (Å²) in [6, 6.07) is 0. The minimum absolute atomic E-state index is 0.619. The van der Waals surface area contributed by atoms with Crippen molar-refractivity contribution in [1.82, 2.24) is 0 Å². The summed E-state index contributed by atoms with van der Waals surface area (Å²) in [4.78, 5) is 0. The van der Waals surface area contributed by atoms with E-state index < -0.39 is 42.3 Å². The summed E-state index contributed by atoms with van der Waals surface area (Å²) in [5.74, 6) is 0. The quantitative estimate of drug-likeness (QED) is 0.0931. The molecular weight excluding hydrogens is 574 g/mol. The van der Waals surface area contributed by atoms with Gasteiger partial charge >= 0.3 is 214 Å². The molecule has 0 heterocycles. The van der Waals surface area contributed by atoms with Crippen LogP contribution in [0, 0.1) is 7.87 Å². The first-order valence-electron chi connectivity index (χ1n) is 13.6. The summed E-state index contributed by atoms with van der Waals surface area (Å²) in [6.45, 7) is 14.2. The summed E-state index contributed by atoms with van der Waals surface area (Å²) in [5, 5.41) is 0. The van der Waals surface area contributed by atoms with Crippen molar-refractivity contribution in [1.29, 1.82) is 0 Å². The summed E-state index contributed by atoms with van der Waals surface area (Å²) in [5.41, 5.74) is 0. The van der Waals surface area contributed by atoms with Crippen LogP contribution in [0.1, 0.15) is 157 Å². The van der Waals surface area contributed by atoms with Gasteiger partial charge in [-0.2, -0.15) is 0 Å². The zero-order valence-electron chi connectivity index (χ0n) is 21.7. The van der Waals surface area contributed by atoms with Crippen molar-refractivity contribution in [3.05, 3.63) is 0 Å². The van der Waals surface area contributed by atoms with E-state index in [4.69, 9.17) is 0 Å². The molecule has 0 bridgehead atoms. The Morgan fingerprint density at radius 3 is 0.767 bits per heavy atom. The molecule has 0 N–H and O–H groups in total. The molecule has 0 spiro atoms. The van der Waals surface area contributed by atoms with Gasteiger partial charge in [0.1, 0.15) is 0 Å². The molecule has 0 aliphatic carbocycles. The van der Waals surface area contributed by atoms with Crippen molar-refractivity contribution in [2.75, 3.05) is 0 Å². The predicted molar refractivity (Wildman–Crippen MR) is 142 cm³/mol. The van der Waals surface area contributed by atoms with E-state index in [1.165, 1.54) is 116 Å². The molecule has 0 aliphatic rings. The third-order valence-electron chi connectivity index (χ3n) is 6.77. The molecule has 0 aromatic rings. The SMILES string of the molecule is CCCC[C](CCCC)(CCCC)[Sn][C]#[C][Sn][C](CCCC)(CCCC)CCCC. The second kappa shape index (κ2) is 20.7. The Morgan fingerprint density at radius 2 is 0.600 bits per heavy atom. The Hall–Kier alpha value is 1.16. The minimum atomic E-state index is -0.619. The number of rotatable bonds is 20. The second-order valence-corrected chi connectivity index (χ2v) is 18.6. The molecule has 30 heavy (non-hydrogen) atoms. The molecule has 2 heteroatoms. The molecule has 0 amide bonds. The Bertz CT molecular complexity index is 350. The van der Waals surface area contributed by atoms with E-state index in [1.54, 1.807) is 0 Å². The van der Waals surface area contributed by atoms with Gasteiger partial charge in [0, 0.05) is 0 Å². The average molecular weight is 628 g/mol. The molecule has 0 saturated carbocycles. The van der Waals surface area contributed by atoms with Gasteiger partial charge in [-0.3, -0.25) is 0 Å². The van der Waals surface area contributed by atoms with Gasteiger partial charge < -0.3 is 0 Å². The van der Waals surface area contributed by atoms with Gasteiger partial charge in [0.15, 0.2) is 0 Å². The van der Waals surface area contributed by atoms with Crippen molar-refractivity contribution in [3.63, 3.8) is 0 Å². The van der Waals surface area contributed by atoms with E-state index in [9.17, 15) is 0 Å². The number of unbranched alkanes of at least 4 members (excludes halogenated alkanes) is 6. The van der Waals surface area contributed by atoms with Gasteiger partial charge in [-0.05, 0) is 0 Å². The normalized spacial score (nSPS) is 12.1. The zero-order chi connectivity index (χ0) is 22.6. The van der Waals surface area contributed by atoms with Crippen LogP contribution in [-0.2, 0) is 0 Å². The molecule has 0 aromatic carbocycles. The van der Waals surface area contributed by atoms with E-state index in [0.29, 0.717) is 6.86 Å². The third kappa shape index (κ3) is 14.3. The first kappa shape index (κ1) is 31.2. The Balaban J connectivity index is 5.35. The summed E-state index contributed by atoms with van der Waals surface area (Å²) in [6.07, 6.45) is 25.7. The van der Waals surface area contributed by atoms with E-state index >= 15 is 0 Å². The monoisotopic (exact) mass is 630 g/mol. The second-order valence-electron chi connectivity index (χ2n) is 9.68. The molecule has 0 saturated heterocycles. The molecule has 4 radical (unpaired) electrons. The third-order valence-corrected chi connectivity index (χ3v) is 17.5. The molecule has 0 aromatic heterocycles. The van der Waals surface area contributed by atoms with Crippen molar-refractivity contribution in [3.8, 4) is 7.87 Å². The molecule has 0 rings (SSSR count). The van der Waals surface area contributed by atoms with Crippen LogP contribution in [-0.4, -0.2) is 42.3 Å². The van der Waals surface area contributed by atoms with Crippen molar-refractivity contribution in [2.24, 2.45) is 0 Å². The maximum atomic E-state index is 4.03. The Morgan fingerprint density at radius 1 is 0.400 bits per heavy atom. The van der Waals surface area contributed by atoms with Gasteiger partial charge in [0.2, 0.25) is 0 Å². The van der Waals surface area contributed by atoms with Crippen LogP contribution >= 0.6 is 0 Å². The number of hydrogen-bond acceptors (Lipinski definition) is 0. The first-order valence-corrected chi connectivity index (χ1v) is 19.3. The van der Waals surface area contributed by atoms with Crippen LogP contribution in [0.25, 0.3) is 0 Å². The van der Waals surface area contributed by atoms with E-state index in [0.717, 1.165) is 0 Å². The van der Waals surface area contributed by atoms with Gasteiger partial charge in [0.05, 0.1) is 0 Å². The van der Waals surface area contributed by atoms with Crippen LogP contribution < -0.4 is 0 Å². The molecule has 0 fully saturated rings. The Kier molecular flexibility index (Phi) is 21.5. The zero-order valence-corrected chi connectivity index (χ0v) is 27.4. The molecule has 0 nitrogen and oxygen atoms in total. The summed E-state index contributed by atoms with van der Waals surface area (Å²) in [7, 11) is 0. The molecule has 0 aliphatic heterocycles. The summed E-state index contributed by atoms with van der Waals surface area (Å²) < 4.78 is 9.45. The first-order chi connectivity index (χ1) is 14.6. The predicted octanol–water partition coefficient (Wildman–Crippen LogP) is 9.77. The van der Waals surface area contributed by atoms with E-state index in [2.05, 4.69) is 49.4 Å². The summed E-state index contributed by atoms with van der Waals surface area (Å²) >= 11 is -1.24. The van der Waals surface area contributed by atoms with Crippen LogP contribution in [0.3, 0.4) is 0 Å². The van der Waals surface area contributed by atoms with Crippen LogP contribution in [0.5, 0.6) is 0 Å². The van der Waals surface area contributed by atoms with Crippen molar-refractivity contribution >= 4 is 42.3 Å². The maximum absolute atomic E-state index is 4.03. The molecule has 0 atom stereocenters. The fourth-order valence-corrected chi connectivity index (χ4v) is 14.0. The fourth-order valence-electron chi connectivity index (χ4n) is 4.54. The van der Waals surface area contributed by atoms with Gasteiger partial charge in [-0.15, -0.1) is 0 Å². The van der Waals surface area contributed by atoms with Gasteiger partial charge in [-0.25, -0.2) is 0 Å².